The zero-order valence-corrected chi connectivity index (χ0v) is 14.2. The molecule has 1 aromatic rings. The van der Waals surface area contributed by atoms with Crippen molar-refractivity contribution in [3.05, 3.63) is 35.4 Å². The lowest BCUT2D eigenvalue weighted by atomic mass is 9.71. The molecule has 0 amide bonds. The van der Waals surface area contributed by atoms with Gasteiger partial charge in [0.2, 0.25) is 0 Å². The van der Waals surface area contributed by atoms with Crippen molar-refractivity contribution in [3.63, 3.8) is 0 Å². The molecule has 1 N–H and O–H groups in total. The smallest absolute Gasteiger partial charge is 0.149 e. The molecule has 0 saturated heterocycles. The standard InChI is InChI=1S/C19H30FN/c1-14-8-7-11-19(13-14,21-15(2)20)17-10-6-9-16(12-17)18(3,4)5/h6,9-10,12,14-15,21H,7-8,11,13H2,1-5H3. The maximum absolute atomic E-state index is 13.8. The number of hydrogen-bond acceptors (Lipinski definition) is 1. The van der Waals surface area contributed by atoms with E-state index in [1.165, 1.54) is 24.0 Å². The second kappa shape index (κ2) is 6.08. The summed E-state index contributed by atoms with van der Waals surface area (Å²) in [5, 5.41) is 3.25. The van der Waals surface area contributed by atoms with E-state index in [1.807, 2.05) is 0 Å². The Balaban J connectivity index is 2.41. The quantitative estimate of drug-likeness (QED) is 0.746. The van der Waals surface area contributed by atoms with E-state index in [0.717, 1.165) is 12.8 Å². The van der Waals surface area contributed by atoms with Crippen LogP contribution in [0.1, 0.15) is 71.4 Å². The molecule has 2 rings (SSSR count). The summed E-state index contributed by atoms with van der Waals surface area (Å²) in [5.41, 5.74) is 2.50. The van der Waals surface area contributed by atoms with Gasteiger partial charge in [0.15, 0.2) is 0 Å². The Morgan fingerprint density at radius 3 is 2.62 bits per heavy atom. The summed E-state index contributed by atoms with van der Waals surface area (Å²) in [6.45, 7) is 10.6. The van der Waals surface area contributed by atoms with Crippen molar-refractivity contribution < 1.29 is 4.39 Å². The molecule has 21 heavy (non-hydrogen) atoms. The Morgan fingerprint density at radius 1 is 1.33 bits per heavy atom. The second-order valence-corrected chi connectivity index (χ2v) is 7.87. The van der Waals surface area contributed by atoms with E-state index in [-0.39, 0.29) is 11.0 Å². The van der Waals surface area contributed by atoms with Gasteiger partial charge < -0.3 is 0 Å². The average Bonchev–Trinajstić information content (AvgIpc) is 2.37. The first-order valence-electron chi connectivity index (χ1n) is 8.26. The molecule has 0 radical (unpaired) electrons. The predicted molar refractivity (Wildman–Crippen MR) is 88.2 cm³/mol. The first kappa shape index (κ1) is 16.5. The summed E-state index contributed by atoms with van der Waals surface area (Å²) in [7, 11) is 0. The third kappa shape index (κ3) is 3.85. The highest BCUT2D eigenvalue weighted by molar-refractivity contribution is 5.34. The van der Waals surface area contributed by atoms with Crippen molar-refractivity contribution in [2.24, 2.45) is 5.92 Å². The van der Waals surface area contributed by atoms with Gasteiger partial charge in [-0.25, -0.2) is 4.39 Å². The molecule has 1 aliphatic carbocycles. The van der Waals surface area contributed by atoms with Gasteiger partial charge in [0.05, 0.1) is 0 Å². The normalized spacial score (nSPS) is 28.4. The van der Waals surface area contributed by atoms with E-state index in [9.17, 15) is 4.39 Å². The number of benzene rings is 1. The van der Waals surface area contributed by atoms with Crippen LogP contribution < -0.4 is 5.32 Å². The molecular formula is C19H30FN. The molecule has 0 heterocycles. The molecule has 1 aromatic carbocycles. The van der Waals surface area contributed by atoms with Gasteiger partial charge >= 0.3 is 0 Å². The van der Waals surface area contributed by atoms with Crippen LogP contribution in [-0.2, 0) is 11.0 Å². The number of alkyl halides is 1. The van der Waals surface area contributed by atoms with Crippen molar-refractivity contribution in [1.29, 1.82) is 0 Å². The fourth-order valence-corrected chi connectivity index (χ4v) is 3.69. The average molecular weight is 291 g/mol. The summed E-state index contributed by atoms with van der Waals surface area (Å²) < 4.78 is 13.8. The first-order chi connectivity index (χ1) is 9.73. The third-order valence-electron chi connectivity index (χ3n) is 4.75. The van der Waals surface area contributed by atoms with Gasteiger partial charge in [-0.15, -0.1) is 0 Å². The van der Waals surface area contributed by atoms with Crippen molar-refractivity contribution in [2.45, 2.75) is 77.6 Å². The first-order valence-corrected chi connectivity index (χ1v) is 8.26. The van der Waals surface area contributed by atoms with Crippen molar-refractivity contribution >= 4 is 0 Å². The van der Waals surface area contributed by atoms with Crippen molar-refractivity contribution in [3.8, 4) is 0 Å². The molecule has 3 unspecified atom stereocenters. The Hall–Kier alpha value is -0.890. The summed E-state index contributed by atoms with van der Waals surface area (Å²) in [5.74, 6) is 0.642. The zero-order chi connectivity index (χ0) is 15.7. The van der Waals surface area contributed by atoms with Crippen LogP contribution in [0, 0.1) is 5.92 Å². The molecule has 1 saturated carbocycles. The predicted octanol–water partition coefficient (Wildman–Crippen LogP) is 5.29. The van der Waals surface area contributed by atoms with Gasteiger partial charge in [-0.3, -0.25) is 5.32 Å². The van der Waals surface area contributed by atoms with Crippen LogP contribution in [0.15, 0.2) is 24.3 Å². The van der Waals surface area contributed by atoms with Crippen LogP contribution in [-0.4, -0.2) is 6.30 Å². The maximum atomic E-state index is 13.8. The minimum absolute atomic E-state index is 0.124. The lowest BCUT2D eigenvalue weighted by molar-refractivity contribution is 0.128. The Kier molecular flexibility index (Phi) is 4.77. The summed E-state index contributed by atoms with van der Waals surface area (Å²) in [4.78, 5) is 0. The fourth-order valence-electron chi connectivity index (χ4n) is 3.69. The molecule has 1 aliphatic rings. The van der Waals surface area contributed by atoms with Crippen LogP contribution in [0.5, 0.6) is 0 Å². The van der Waals surface area contributed by atoms with Gasteiger partial charge in [-0.1, -0.05) is 64.8 Å². The third-order valence-corrected chi connectivity index (χ3v) is 4.75. The molecule has 0 aromatic heterocycles. The second-order valence-electron chi connectivity index (χ2n) is 7.87. The minimum Gasteiger partial charge on any atom is -0.278 e. The van der Waals surface area contributed by atoms with Crippen molar-refractivity contribution in [2.75, 3.05) is 0 Å². The molecule has 3 atom stereocenters. The van der Waals surface area contributed by atoms with E-state index >= 15 is 0 Å². The Bertz CT molecular complexity index is 471. The lowest BCUT2D eigenvalue weighted by Crippen LogP contribution is -2.48. The SMILES string of the molecule is CC1CCCC(NC(C)F)(c2cccc(C(C)(C)C)c2)C1. The molecule has 118 valence electrons. The molecular weight excluding hydrogens is 261 g/mol. The molecule has 1 fully saturated rings. The molecule has 0 spiro atoms. The van der Waals surface area contributed by atoms with Crippen LogP contribution in [0.25, 0.3) is 0 Å². The minimum atomic E-state index is -0.978. The van der Waals surface area contributed by atoms with Crippen LogP contribution in [0.2, 0.25) is 0 Å². The van der Waals surface area contributed by atoms with E-state index < -0.39 is 6.30 Å². The maximum Gasteiger partial charge on any atom is 0.149 e. The Morgan fingerprint density at radius 2 is 2.05 bits per heavy atom. The molecule has 0 aliphatic heterocycles. The number of halogens is 1. The highest BCUT2D eigenvalue weighted by Gasteiger charge is 2.37. The largest absolute Gasteiger partial charge is 0.278 e. The topological polar surface area (TPSA) is 12.0 Å². The zero-order valence-electron chi connectivity index (χ0n) is 14.2. The van der Waals surface area contributed by atoms with Gasteiger partial charge in [0.1, 0.15) is 6.30 Å². The number of rotatable bonds is 3. The van der Waals surface area contributed by atoms with E-state index in [0.29, 0.717) is 5.92 Å². The highest BCUT2D eigenvalue weighted by Crippen LogP contribution is 2.41. The van der Waals surface area contributed by atoms with E-state index in [2.05, 4.69) is 57.3 Å². The van der Waals surface area contributed by atoms with Crippen LogP contribution >= 0.6 is 0 Å². The monoisotopic (exact) mass is 291 g/mol. The van der Waals surface area contributed by atoms with Crippen molar-refractivity contribution in [1.82, 2.24) is 5.32 Å². The Labute approximate surface area is 129 Å². The molecule has 1 nitrogen and oxygen atoms in total. The van der Waals surface area contributed by atoms with Crippen LogP contribution in [0.4, 0.5) is 4.39 Å². The summed E-state index contributed by atoms with van der Waals surface area (Å²) in [6, 6.07) is 8.76. The molecule has 2 heteroatoms. The van der Waals surface area contributed by atoms with Crippen LogP contribution in [0.3, 0.4) is 0 Å². The van der Waals surface area contributed by atoms with E-state index in [4.69, 9.17) is 0 Å². The fraction of sp³-hybridized carbons (Fsp3) is 0.684. The van der Waals surface area contributed by atoms with Gasteiger partial charge in [0, 0.05) is 5.54 Å². The van der Waals surface area contributed by atoms with Gasteiger partial charge in [-0.05, 0) is 42.2 Å². The summed E-state index contributed by atoms with van der Waals surface area (Å²) >= 11 is 0. The van der Waals surface area contributed by atoms with Gasteiger partial charge in [0.25, 0.3) is 0 Å². The van der Waals surface area contributed by atoms with Gasteiger partial charge in [-0.2, -0.15) is 0 Å². The summed E-state index contributed by atoms with van der Waals surface area (Å²) in [6.07, 6.45) is 3.49. The lowest BCUT2D eigenvalue weighted by Gasteiger charge is -2.42. The number of nitrogens with one attached hydrogen (secondary N) is 1. The van der Waals surface area contributed by atoms with E-state index in [1.54, 1.807) is 6.92 Å². The molecule has 0 bridgehead atoms. The number of hydrogen-bond donors (Lipinski definition) is 1. The highest BCUT2D eigenvalue weighted by atomic mass is 19.1.